The minimum atomic E-state index is -0.199. The summed E-state index contributed by atoms with van der Waals surface area (Å²) in [6.45, 7) is 0. The Hall–Kier alpha value is -1.03. The van der Waals surface area contributed by atoms with E-state index in [1.54, 1.807) is 6.20 Å². The summed E-state index contributed by atoms with van der Waals surface area (Å²) in [5.74, 6) is -0.199. The van der Waals surface area contributed by atoms with Crippen LogP contribution in [0.2, 0.25) is 0 Å². The van der Waals surface area contributed by atoms with Gasteiger partial charge in [-0.1, -0.05) is 0 Å². The van der Waals surface area contributed by atoms with E-state index in [1.165, 1.54) is 11.3 Å². The number of rotatable bonds is 5. The zero-order chi connectivity index (χ0) is 8.81. The van der Waals surface area contributed by atoms with Gasteiger partial charge in [0, 0.05) is 18.0 Å². The van der Waals surface area contributed by atoms with Gasteiger partial charge < -0.3 is 9.59 Å². The molecule has 3 nitrogen and oxygen atoms in total. The van der Waals surface area contributed by atoms with Crippen LogP contribution in [-0.4, -0.2) is 17.6 Å². The van der Waals surface area contributed by atoms with E-state index in [0.717, 1.165) is 17.6 Å². The summed E-state index contributed by atoms with van der Waals surface area (Å²) in [5.41, 5.74) is 0. The highest BCUT2D eigenvalue weighted by Gasteiger charge is 2.11. The van der Waals surface area contributed by atoms with Gasteiger partial charge in [-0.15, -0.1) is 11.3 Å². The maximum atomic E-state index is 10.6. The van der Waals surface area contributed by atoms with Crippen molar-refractivity contribution in [2.75, 3.05) is 0 Å². The summed E-state index contributed by atoms with van der Waals surface area (Å²) in [4.78, 5) is 24.6. The lowest BCUT2D eigenvalue weighted by atomic mass is 10.1. The molecule has 0 radical (unpaired) electrons. The van der Waals surface area contributed by atoms with Crippen LogP contribution in [0.15, 0.2) is 11.6 Å². The van der Waals surface area contributed by atoms with Gasteiger partial charge in [-0.05, 0) is 6.42 Å². The van der Waals surface area contributed by atoms with E-state index in [-0.39, 0.29) is 5.92 Å². The van der Waals surface area contributed by atoms with E-state index in [4.69, 9.17) is 0 Å². The van der Waals surface area contributed by atoms with Crippen molar-refractivity contribution < 1.29 is 9.59 Å². The fourth-order valence-corrected chi connectivity index (χ4v) is 1.65. The van der Waals surface area contributed by atoms with Gasteiger partial charge in [0.2, 0.25) is 0 Å². The van der Waals surface area contributed by atoms with Gasteiger partial charge >= 0.3 is 0 Å². The molecule has 0 spiro atoms. The molecule has 0 fully saturated rings. The van der Waals surface area contributed by atoms with Crippen molar-refractivity contribution in [2.45, 2.75) is 18.8 Å². The van der Waals surface area contributed by atoms with Gasteiger partial charge in [0.25, 0.3) is 0 Å². The maximum Gasteiger partial charge on any atom is 0.129 e. The summed E-state index contributed by atoms with van der Waals surface area (Å²) in [6.07, 6.45) is 4.33. The average Bonchev–Trinajstić information content (AvgIpc) is 2.59. The molecule has 0 bridgehead atoms. The van der Waals surface area contributed by atoms with Crippen molar-refractivity contribution in [2.24, 2.45) is 0 Å². The fraction of sp³-hybridized carbons (Fsp3) is 0.375. The molecule has 1 atom stereocenters. The molecule has 0 saturated carbocycles. The molecule has 1 rings (SSSR count). The van der Waals surface area contributed by atoms with Crippen LogP contribution in [0, 0.1) is 0 Å². The summed E-state index contributed by atoms with van der Waals surface area (Å²) in [6, 6.07) is 0. The van der Waals surface area contributed by atoms with Crippen molar-refractivity contribution in [3.8, 4) is 0 Å². The highest BCUT2D eigenvalue weighted by molar-refractivity contribution is 7.09. The Morgan fingerprint density at radius 3 is 2.92 bits per heavy atom. The molecular formula is C8H9NO2S. The Morgan fingerprint density at radius 2 is 2.42 bits per heavy atom. The third-order valence-corrected chi connectivity index (χ3v) is 2.44. The van der Waals surface area contributed by atoms with Gasteiger partial charge in [0.05, 0.1) is 5.92 Å². The second-order valence-electron chi connectivity index (χ2n) is 2.36. The number of thiazole rings is 1. The molecule has 1 unspecified atom stereocenters. The Balaban J connectivity index is 2.56. The van der Waals surface area contributed by atoms with Gasteiger partial charge in [-0.25, -0.2) is 4.98 Å². The van der Waals surface area contributed by atoms with Crippen LogP contribution in [0.25, 0.3) is 0 Å². The Morgan fingerprint density at radius 1 is 1.58 bits per heavy atom. The van der Waals surface area contributed by atoms with Crippen LogP contribution >= 0.6 is 11.3 Å². The fourth-order valence-electron chi connectivity index (χ4n) is 0.915. The molecule has 12 heavy (non-hydrogen) atoms. The zero-order valence-corrected chi connectivity index (χ0v) is 7.29. The zero-order valence-electron chi connectivity index (χ0n) is 6.47. The standard InChI is InChI=1S/C8H9NO2S/c10-4-1-2-7(6-11)8-9-3-5-12-8/h3-7H,1-2H2. The van der Waals surface area contributed by atoms with Crippen molar-refractivity contribution in [1.29, 1.82) is 0 Å². The van der Waals surface area contributed by atoms with E-state index < -0.39 is 0 Å². The Labute approximate surface area is 74.4 Å². The van der Waals surface area contributed by atoms with E-state index in [0.29, 0.717) is 12.8 Å². The lowest BCUT2D eigenvalue weighted by Gasteiger charge is -2.02. The molecule has 0 aromatic carbocycles. The van der Waals surface area contributed by atoms with Gasteiger partial charge in [-0.2, -0.15) is 0 Å². The minimum Gasteiger partial charge on any atom is -0.303 e. The molecule has 1 heterocycles. The number of carbonyl (C=O) groups excluding carboxylic acids is 2. The first-order valence-electron chi connectivity index (χ1n) is 3.66. The van der Waals surface area contributed by atoms with Crippen LogP contribution in [0.1, 0.15) is 23.8 Å². The first-order chi connectivity index (χ1) is 5.88. The number of aldehydes is 2. The molecule has 4 heteroatoms. The summed E-state index contributed by atoms with van der Waals surface area (Å²) >= 11 is 1.45. The molecular weight excluding hydrogens is 174 g/mol. The Bertz CT molecular complexity index is 246. The smallest absolute Gasteiger partial charge is 0.129 e. The van der Waals surface area contributed by atoms with Crippen molar-refractivity contribution in [3.63, 3.8) is 0 Å². The molecule has 0 aliphatic rings. The summed E-state index contributed by atoms with van der Waals surface area (Å²) in [7, 11) is 0. The summed E-state index contributed by atoms with van der Waals surface area (Å²) in [5, 5.41) is 2.62. The van der Waals surface area contributed by atoms with Crippen molar-refractivity contribution in [1.82, 2.24) is 4.98 Å². The van der Waals surface area contributed by atoms with Crippen LogP contribution in [0.3, 0.4) is 0 Å². The molecule has 0 aliphatic carbocycles. The normalized spacial score (nSPS) is 12.3. The van der Waals surface area contributed by atoms with Crippen molar-refractivity contribution in [3.05, 3.63) is 16.6 Å². The molecule has 1 aromatic rings. The van der Waals surface area contributed by atoms with E-state index in [2.05, 4.69) is 4.98 Å². The lowest BCUT2D eigenvalue weighted by molar-refractivity contribution is -0.109. The second kappa shape index (κ2) is 4.77. The van der Waals surface area contributed by atoms with Gasteiger partial charge in [-0.3, -0.25) is 0 Å². The molecule has 64 valence electrons. The second-order valence-corrected chi connectivity index (χ2v) is 3.28. The van der Waals surface area contributed by atoms with E-state index in [1.807, 2.05) is 5.38 Å². The van der Waals surface area contributed by atoms with Crippen molar-refractivity contribution >= 4 is 23.9 Å². The molecule has 0 amide bonds. The highest BCUT2D eigenvalue weighted by atomic mass is 32.1. The number of hydrogen-bond donors (Lipinski definition) is 0. The van der Waals surface area contributed by atoms with Crippen LogP contribution in [-0.2, 0) is 9.59 Å². The first-order valence-corrected chi connectivity index (χ1v) is 4.54. The third kappa shape index (κ3) is 2.23. The van der Waals surface area contributed by atoms with Crippen LogP contribution < -0.4 is 0 Å². The predicted molar refractivity (Wildman–Crippen MR) is 46.2 cm³/mol. The van der Waals surface area contributed by atoms with E-state index >= 15 is 0 Å². The first kappa shape index (κ1) is 9.06. The van der Waals surface area contributed by atoms with Gasteiger partial charge in [0.15, 0.2) is 0 Å². The van der Waals surface area contributed by atoms with Crippen LogP contribution in [0.4, 0.5) is 0 Å². The lowest BCUT2D eigenvalue weighted by Crippen LogP contribution is -1.99. The monoisotopic (exact) mass is 183 g/mol. The molecule has 0 aliphatic heterocycles. The number of aromatic nitrogens is 1. The topological polar surface area (TPSA) is 47.0 Å². The predicted octanol–water partition coefficient (Wildman–Crippen LogP) is 1.40. The molecule has 0 N–H and O–H groups in total. The molecule has 0 saturated heterocycles. The number of carbonyl (C=O) groups is 2. The van der Waals surface area contributed by atoms with Gasteiger partial charge in [0.1, 0.15) is 17.6 Å². The third-order valence-electron chi connectivity index (χ3n) is 1.53. The minimum absolute atomic E-state index is 0.199. The number of hydrogen-bond acceptors (Lipinski definition) is 4. The summed E-state index contributed by atoms with van der Waals surface area (Å²) < 4.78 is 0. The number of nitrogens with zero attached hydrogens (tertiary/aromatic N) is 1. The largest absolute Gasteiger partial charge is 0.303 e. The quantitative estimate of drug-likeness (QED) is 0.648. The highest BCUT2D eigenvalue weighted by Crippen LogP contribution is 2.20. The average molecular weight is 183 g/mol. The SMILES string of the molecule is O=CCCC(C=O)c1nccs1. The Kier molecular flexibility index (Phi) is 3.60. The van der Waals surface area contributed by atoms with Crippen LogP contribution in [0.5, 0.6) is 0 Å². The maximum absolute atomic E-state index is 10.6. The van der Waals surface area contributed by atoms with E-state index in [9.17, 15) is 9.59 Å². The molecule has 1 aromatic heterocycles.